The smallest absolute Gasteiger partial charge is 0.408 e. The Labute approximate surface area is 156 Å². The Hall–Kier alpha value is -3.58. The summed E-state index contributed by atoms with van der Waals surface area (Å²) in [7, 11) is 0. The number of fused-ring (bicyclic) bond motifs is 1. The molecule has 1 N–H and O–H groups in total. The van der Waals surface area contributed by atoms with Gasteiger partial charge in [-0.25, -0.2) is 4.79 Å². The van der Waals surface area contributed by atoms with E-state index >= 15 is 0 Å². The van der Waals surface area contributed by atoms with Gasteiger partial charge in [-0.3, -0.25) is 19.5 Å². The fraction of sp³-hybridized carbons (Fsp3) is 0.118. The molecule has 0 aliphatic rings. The van der Waals surface area contributed by atoms with Gasteiger partial charge in [-0.1, -0.05) is 12.1 Å². The third-order valence-electron chi connectivity index (χ3n) is 3.62. The molecule has 3 rings (SSSR count). The largest absolute Gasteiger partial charge is 0.420 e. The van der Waals surface area contributed by atoms with Gasteiger partial charge in [0, 0.05) is 17.0 Å². The second-order valence-corrected chi connectivity index (χ2v) is 6.37. The maximum absolute atomic E-state index is 12.4. The SMILES string of the molecule is N#CCSc1ccccc1NC(=O)Cn1c(=O)oc2ccc([N+](=O)[O-])cc21. The van der Waals surface area contributed by atoms with Gasteiger partial charge in [0.15, 0.2) is 5.58 Å². The lowest BCUT2D eigenvalue weighted by atomic mass is 10.3. The monoisotopic (exact) mass is 384 g/mol. The number of benzene rings is 2. The average molecular weight is 384 g/mol. The maximum Gasteiger partial charge on any atom is 0.420 e. The predicted molar refractivity (Wildman–Crippen MR) is 98.5 cm³/mol. The summed E-state index contributed by atoms with van der Waals surface area (Å²) in [5.41, 5.74) is 0.616. The zero-order valence-corrected chi connectivity index (χ0v) is 14.6. The van der Waals surface area contributed by atoms with Crippen LogP contribution in [0.2, 0.25) is 0 Å². The highest BCUT2D eigenvalue weighted by molar-refractivity contribution is 7.99. The number of anilines is 1. The minimum Gasteiger partial charge on any atom is -0.408 e. The van der Waals surface area contributed by atoms with Crippen molar-refractivity contribution >= 4 is 40.1 Å². The van der Waals surface area contributed by atoms with E-state index in [1.807, 2.05) is 6.07 Å². The van der Waals surface area contributed by atoms with Crippen LogP contribution in [0.25, 0.3) is 11.1 Å². The molecular formula is C17H12N4O5S. The minimum absolute atomic E-state index is 0.156. The first kappa shape index (κ1) is 18.2. The number of hydrogen-bond acceptors (Lipinski definition) is 7. The molecule has 0 aliphatic carbocycles. The number of hydrogen-bond donors (Lipinski definition) is 1. The predicted octanol–water partition coefficient (Wildman–Crippen LogP) is 2.76. The van der Waals surface area contributed by atoms with Gasteiger partial charge in [0.05, 0.1) is 27.9 Å². The van der Waals surface area contributed by atoms with Crippen LogP contribution >= 0.6 is 11.8 Å². The van der Waals surface area contributed by atoms with E-state index in [4.69, 9.17) is 9.68 Å². The van der Waals surface area contributed by atoms with E-state index in [1.165, 1.54) is 30.0 Å². The highest BCUT2D eigenvalue weighted by Gasteiger charge is 2.17. The Balaban J connectivity index is 1.86. The van der Waals surface area contributed by atoms with Crippen molar-refractivity contribution in [3.63, 3.8) is 0 Å². The van der Waals surface area contributed by atoms with E-state index in [-0.39, 0.29) is 29.1 Å². The Morgan fingerprint density at radius 3 is 2.85 bits per heavy atom. The summed E-state index contributed by atoms with van der Waals surface area (Å²) >= 11 is 1.27. The summed E-state index contributed by atoms with van der Waals surface area (Å²) in [6, 6.07) is 12.7. The molecule has 1 heterocycles. The first-order chi connectivity index (χ1) is 13.0. The molecule has 0 unspecified atom stereocenters. The number of nitrogens with one attached hydrogen (secondary N) is 1. The van der Waals surface area contributed by atoms with Crippen molar-refractivity contribution in [2.45, 2.75) is 11.4 Å². The number of nitriles is 1. The molecule has 136 valence electrons. The van der Waals surface area contributed by atoms with Crippen LogP contribution in [0.15, 0.2) is 56.6 Å². The van der Waals surface area contributed by atoms with Crippen LogP contribution < -0.4 is 11.1 Å². The average Bonchev–Trinajstić information content (AvgIpc) is 2.95. The quantitative estimate of drug-likeness (QED) is 0.393. The molecule has 0 atom stereocenters. The summed E-state index contributed by atoms with van der Waals surface area (Å²) in [5, 5.41) is 22.3. The van der Waals surface area contributed by atoms with Crippen molar-refractivity contribution in [2.75, 3.05) is 11.1 Å². The fourth-order valence-corrected chi connectivity index (χ4v) is 3.12. The molecule has 0 spiro atoms. The number of nitrogens with zero attached hydrogens (tertiary/aromatic N) is 3. The first-order valence-corrected chi connectivity index (χ1v) is 8.64. The van der Waals surface area contributed by atoms with E-state index in [2.05, 4.69) is 5.32 Å². The lowest BCUT2D eigenvalue weighted by Crippen LogP contribution is -2.25. The molecule has 0 fully saturated rings. The van der Waals surface area contributed by atoms with Gasteiger partial charge >= 0.3 is 5.76 Å². The number of carbonyl (C=O) groups is 1. The Kier molecular flexibility index (Phi) is 5.23. The van der Waals surface area contributed by atoms with Gasteiger partial charge in [-0.15, -0.1) is 11.8 Å². The van der Waals surface area contributed by atoms with Crippen LogP contribution in [0.4, 0.5) is 11.4 Å². The molecule has 0 bridgehead atoms. The highest BCUT2D eigenvalue weighted by atomic mass is 32.2. The molecule has 10 heteroatoms. The first-order valence-electron chi connectivity index (χ1n) is 7.66. The van der Waals surface area contributed by atoms with Crippen LogP contribution in [0.3, 0.4) is 0 Å². The van der Waals surface area contributed by atoms with Gasteiger partial charge in [0.2, 0.25) is 5.91 Å². The van der Waals surface area contributed by atoms with Crippen molar-refractivity contribution in [1.29, 1.82) is 5.26 Å². The van der Waals surface area contributed by atoms with E-state index in [9.17, 15) is 19.7 Å². The van der Waals surface area contributed by atoms with E-state index in [0.717, 1.165) is 4.57 Å². The molecule has 0 radical (unpaired) electrons. The molecule has 9 nitrogen and oxygen atoms in total. The minimum atomic E-state index is -0.784. The fourth-order valence-electron chi connectivity index (χ4n) is 2.45. The van der Waals surface area contributed by atoms with Crippen molar-refractivity contribution in [3.05, 3.63) is 63.1 Å². The molecule has 27 heavy (non-hydrogen) atoms. The Bertz CT molecular complexity index is 1130. The number of amides is 1. The van der Waals surface area contributed by atoms with Crippen LogP contribution in [0, 0.1) is 21.4 Å². The standard InChI is InChI=1S/C17H12N4O5S/c18-7-8-27-15-4-2-1-3-12(15)19-16(22)10-20-13-9-11(21(24)25)5-6-14(13)26-17(20)23/h1-6,9H,8,10H2,(H,19,22). The van der Waals surface area contributed by atoms with E-state index in [0.29, 0.717) is 10.6 Å². The number of nitro groups is 1. The van der Waals surface area contributed by atoms with E-state index < -0.39 is 16.6 Å². The molecule has 2 aromatic carbocycles. The molecule has 0 saturated heterocycles. The Morgan fingerprint density at radius 1 is 1.33 bits per heavy atom. The van der Waals surface area contributed by atoms with Gasteiger partial charge in [-0.2, -0.15) is 5.26 Å². The molecule has 1 aromatic heterocycles. The van der Waals surface area contributed by atoms with Crippen LogP contribution in [0.5, 0.6) is 0 Å². The van der Waals surface area contributed by atoms with Crippen LogP contribution in [-0.4, -0.2) is 21.2 Å². The summed E-state index contributed by atoms with van der Waals surface area (Å²) in [5.74, 6) is -1.06. The van der Waals surface area contributed by atoms with Crippen molar-refractivity contribution < 1.29 is 14.1 Å². The van der Waals surface area contributed by atoms with Crippen molar-refractivity contribution in [2.24, 2.45) is 0 Å². The van der Waals surface area contributed by atoms with Crippen molar-refractivity contribution in [1.82, 2.24) is 4.57 Å². The molecule has 3 aromatic rings. The third-order valence-corrected chi connectivity index (χ3v) is 4.56. The highest BCUT2D eigenvalue weighted by Crippen LogP contribution is 2.26. The molecule has 0 aliphatic heterocycles. The summed E-state index contributed by atoms with van der Waals surface area (Å²) in [6.07, 6.45) is 0. The third kappa shape index (κ3) is 3.99. The van der Waals surface area contributed by atoms with Crippen molar-refractivity contribution in [3.8, 4) is 6.07 Å². The number of thioether (sulfide) groups is 1. The molecular weight excluding hydrogens is 372 g/mol. The lowest BCUT2D eigenvalue weighted by Gasteiger charge is -2.09. The zero-order valence-electron chi connectivity index (χ0n) is 13.7. The number of carbonyl (C=O) groups excluding carboxylic acids is 1. The number of non-ortho nitro benzene ring substituents is 1. The second kappa shape index (κ2) is 7.76. The number of rotatable bonds is 6. The number of para-hydroxylation sites is 1. The second-order valence-electron chi connectivity index (χ2n) is 5.35. The van der Waals surface area contributed by atoms with Gasteiger partial charge < -0.3 is 9.73 Å². The van der Waals surface area contributed by atoms with E-state index in [1.54, 1.807) is 24.3 Å². The van der Waals surface area contributed by atoms with Gasteiger partial charge in [-0.05, 0) is 18.2 Å². The molecule has 1 amide bonds. The Morgan fingerprint density at radius 2 is 2.11 bits per heavy atom. The van der Waals surface area contributed by atoms with Gasteiger partial charge in [0.1, 0.15) is 6.54 Å². The van der Waals surface area contributed by atoms with Crippen LogP contribution in [0.1, 0.15) is 0 Å². The topological polar surface area (TPSA) is 131 Å². The summed E-state index contributed by atoms with van der Waals surface area (Å²) in [4.78, 5) is 35.5. The summed E-state index contributed by atoms with van der Waals surface area (Å²) in [6.45, 7) is -0.371. The van der Waals surface area contributed by atoms with Crippen LogP contribution in [-0.2, 0) is 11.3 Å². The molecule has 0 saturated carbocycles. The van der Waals surface area contributed by atoms with Gasteiger partial charge in [0.25, 0.3) is 5.69 Å². The number of nitro benzene ring substituents is 1. The zero-order chi connectivity index (χ0) is 19.4. The lowest BCUT2D eigenvalue weighted by molar-refractivity contribution is -0.384. The number of oxazole rings is 1. The normalized spacial score (nSPS) is 10.5. The number of aromatic nitrogens is 1. The summed E-state index contributed by atoms with van der Waals surface area (Å²) < 4.78 is 6.06. The maximum atomic E-state index is 12.4.